The Morgan fingerprint density at radius 3 is 2.67 bits per heavy atom. The SMILES string of the molecule is CCOC(=O)c1ccc(NC(=O)[C@H]2NCCc3ccccc32)cc1. The molecule has 1 atom stereocenters. The highest BCUT2D eigenvalue weighted by atomic mass is 16.5. The normalized spacial score (nSPS) is 16.1. The summed E-state index contributed by atoms with van der Waals surface area (Å²) < 4.78 is 4.95. The van der Waals surface area contributed by atoms with Gasteiger partial charge < -0.3 is 15.4 Å². The Balaban J connectivity index is 1.71. The average Bonchev–Trinajstić information content (AvgIpc) is 2.62. The van der Waals surface area contributed by atoms with Crippen molar-refractivity contribution in [3.05, 3.63) is 65.2 Å². The van der Waals surface area contributed by atoms with E-state index in [1.54, 1.807) is 31.2 Å². The molecule has 0 radical (unpaired) electrons. The molecule has 0 bridgehead atoms. The van der Waals surface area contributed by atoms with Crippen molar-refractivity contribution >= 4 is 17.6 Å². The molecule has 2 aromatic rings. The van der Waals surface area contributed by atoms with Crippen LogP contribution >= 0.6 is 0 Å². The minimum absolute atomic E-state index is 0.106. The van der Waals surface area contributed by atoms with Gasteiger partial charge in [0.15, 0.2) is 0 Å². The molecule has 2 N–H and O–H groups in total. The summed E-state index contributed by atoms with van der Waals surface area (Å²) >= 11 is 0. The summed E-state index contributed by atoms with van der Waals surface area (Å²) in [6.45, 7) is 2.88. The summed E-state index contributed by atoms with van der Waals surface area (Å²) in [7, 11) is 0. The van der Waals surface area contributed by atoms with Crippen LogP contribution in [0.1, 0.15) is 34.5 Å². The molecule has 1 amide bonds. The molecule has 24 heavy (non-hydrogen) atoms. The molecule has 5 nitrogen and oxygen atoms in total. The number of hydrogen-bond donors (Lipinski definition) is 2. The molecule has 0 aromatic heterocycles. The predicted molar refractivity (Wildman–Crippen MR) is 91.9 cm³/mol. The Hall–Kier alpha value is -2.66. The molecule has 0 fully saturated rings. The lowest BCUT2D eigenvalue weighted by Crippen LogP contribution is -2.38. The topological polar surface area (TPSA) is 67.4 Å². The zero-order chi connectivity index (χ0) is 16.9. The van der Waals surface area contributed by atoms with E-state index in [0.29, 0.717) is 17.9 Å². The largest absolute Gasteiger partial charge is 0.462 e. The van der Waals surface area contributed by atoms with E-state index in [1.807, 2.05) is 18.2 Å². The Kier molecular flexibility index (Phi) is 4.91. The second-order valence-electron chi connectivity index (χ2n) is 5.62. The first kappa shape index (κ1) is 16.2. The zero-order valence-electron chi connectivity index (χ0n) is 13.5. The van der Waals surface area contributed by atoms with E-state index in [-0.39, 0.29) is 17.9 Å². The van der Waals surface area contributed by atoms with Gasteiger partial charge in [0.2, 0.25) is 5.91 Å². The number of rotatable bonds is 4. The van der Waals surface area contributed by atoms with Gasteiger partial charge in [0.05, 0.1) is 12.2 Å². The molecule has 3 rings (SSSR count). The number of nitrogens with one attached hydrogen (secondary N) is 2. The quantitative estimate of drug-likeness (QED) is 0.849. The standard InChI is InChI=1S/C19H20N2O3/c1-2-24-19(23)14-7-9-15(10-8-14)21-18(22)17-16-6-4-3-5-13(16)11-12-20-17/h3-10,17,20H,2,11-12H2,1H3,(H,21,22)/t17-/m0/s1. The van der Waals surface area contributed by atoms with Crippen molar-refractivity contribution in [2.24, 2.45) is 0 Å². The third-order valence-corrected chi connectivity index (χ3v) is 4.03. The Bertz CT molecular complexity index is 741. The summed E-state index contributed by atoms with van der Waals surface area (Å²) in [4.78, 5) is 24.2. The highest BCUT2D eigenvalue weighted by Crippen LogP contribution is 2.24. The summed E-state index contributed by atoms with van der Waals surface area (Å²) in [6, 6.07) is 14.3. The summed E-state index contributed by atoms with van der Waals surface area (Å²) in [6.07, 6.45) is 0.925. The number of anilines is 1. The number of ether oxygens (including phenoxy) is 1. The fourth-order valence-electron chi connectivity index (χ4n) is 2.86. The van der Waals surface area contributed by atoms with Crippen LogP contribution in [0.3, 0.4) is 0 Å². The van der Waals surface area contributed by atoms with E-state index in [4.69, 9.17) is 4.74 Å². The highest BCUT2D eigenvalue weighted by molar-refractivity contribution is 5.96. The van der Waals surface area contributed by atoms with Gasteiger partial charge >= 0.3 is 5.97 Å². The monoisotopic (exact) mass is 324 g/mol. The van der Waals surface area contributed by atoms with Crippen LogP contribution in [-0.4, -0.2) is 25.0 Å². The number of carbonyl (C=O) groups excluding carboxylic acids is 2. The fourth-order valence-corrected chi connectivity index (χ4v) is 2.86. The average molecular weight is 324 g/mol. The molecular formula is C19H20N2O3. The first-order valence-corrected chi connectivity index (χ1v) is 8.08. The van der Waals surface area contributed by atoms with Gasteiger partial charge in [-0.05, 0) is 48.7 Å². The van der Waals surface area contributed by atoms with Crippen LogP contribution < -0.4 is 10.6 Å². The summed E-state index contributed by atoms with van der Waals surface area (Å²) in [5, 5.41) is 6.15. The highest BCUT2D eigenvalue weighted by Gasteiger charge is 2.25. The minimum Gasteiger partial charge on any atom is -0.462 e. The predicted octanol–water partition coefficient (Wildman–Crippen LogP) is 2.69. The molecule has 5 heteroatoms. The van der Waals surface area contributed by atoms with Gasteiger partial charge in [-0.15, -0.1) is 0 Å². The van der Waals surface area contributed by atoms with Gasteiger partial charge in [-0.2, -0.15) is 0 Å². The number of esters is 1. The van der Waals surface area contributed by atoms with Gasteiger partial charge in [-0.3, -0.25) is 4.79 Å². The van der Waals surface area contributed by atoms with E-state index >= 15 is 0 Å². The van der Waals surface area contributed by atoms with E-state index in [0.717, 1.165) is 18.5 Å². The molecule has 0 saturated carbocycles. The first-order valence-electron chi connectivity index (χ1n) is 8.08. The van der Waals surface area contributed by atoms with Crippen molar-refractivity contribution in [3.63, 3.8) is 0 Å². The van der Waals surface area contributed by atoms with Gasteiger partial charge in [0.1, 0.15) is 6.04 Å². The van der Waals surface area contributed by atoms with Gasteiger partial charge in [-0.25, -0.2) is 4.79 Å². The molecule has 0 spiro atoms. The second kappa shape index (κ2) is 7.27. The lowest BCUT2D eigenvalue weighted by atomic mass is 9.94. The maximum atomic E-state index is 12.6. The molecule has 1 aliphatic heterocycles. The van der Waals surface area contributed by atoms with Crippen LogP contribution in [0.2, 0.25) is 0 Å². The molecule has 124 valence electrons. The smallest absolute Gasteiger partial charge is 0.338 e. The minimum atomic E-state index is -0.363. The van der Waals surface area contributed by atoms with Crippen molar-refractivity contribution in [2.75, 3.05) is 18.5 Å². The van der Waals surface area contributed by atoms with Crippen LogP contribution in [0.4, 0.5) is 5.69 Å². The van der Waals surface area contributed by atoms with Gasteiger partial charge in [0, 0.05) is 12.2 Å². The third-order valence-electron chi connectivity index (χ3n) is 4.03. The van der Waals surface area contributed by atoms with Crippen LogP contribution in [0.25, 0.3) is 0 Å². The van der Waals surface area contributed by atoms with Crippen molar-refractivity contribution in [3.8, 4) is 0 Å². The molecule has 1 aliphatic rings. The molecular weight excluding hydrogens is 304 g/mol. The maximum Gasteiger partial charge on any atom is 0.338 e. The summed E-state index contributed by atoms with van der Waals surface area (Å²) in [5.74, 6) is -0.468. The lowest BCUT2D eigenvalue weighted by Gasteiger charge is -2.26. The second-order valence-corrected chi connectivity index (χ2v) is 5.62. The Morgan fingerprint density at radius 2 is 1.92 bits per heavy atom. The van der Waals surface area contributed by atoms with Gasteiger partial charge in [-0.1, -0.05) is 24.3 Å². The maximum absolute atomic E-state index is 12.6. The van der Waals surface area contributed by atoms with E-state index in [2.05, 4.69) is 16.7 Å². The van der Waals surface area contributed by atoms with E-state index < -0.39 is 0 Å². The van der Waals surface area contributed by atoms with Crippen molar-refractivity contribution in [2.45, 2.75) is 19.4 Å². The lowest BCUT2D eigenvalue weighted by molar-refractivity contribution is -0.118. The summed E-state index contributed by atoms with van der Waals surface area (Å²) in [5.41, 5.74) is 3.34. The zero-order valence-corrected chi connectivity index (χ0v) is 13.5. The van der Waals surface area contributed by atoms with Crippen LogP contribution in [0.5, 0.6) is 0 Å². The molecule has 0 aliphatic carbocycles. The molecule has 1 heterocycles. The Morgan fingerprint density at radius 1 is 1.17 bits per heavy atom. The number of amides is 1. The number of carbonyl (C=O) groups is 2. The molecule has 0 unspecified atom stereocenters. The number of benzene rings is 2. The molecule has 0 saturated heterocycles. The fraction of sp³-hybridized carbons (Fsp3) is 0.263. The number of hydrogen-bond acceptors (Lipinski definition) is 4. The van der Waals surface area contributed by atoms with Crippen LogP contribution in [0.15, 0.2) is 48.5 Å². The van der Waals surface area contributed by atoms with Crippen LogP contribution in [0, 0.1) is 0 Å². The third kappa shape index (κ3) is 3.46. The van der Waals surface area contributed by atoms with Crippen molar-refractivity contribution in [1.82, 2.24) is 5.32 Å². The first-order chi connectivity index (χ1) is 11.7. The van der Waals surface area contributed by atoms with Gasteiger partial charge in [0.25, 0.3) is 0 Å². The Labute approximate surface area is 141 Å². The number of fused-ring (bicyclic) bond motifs is 1. The molecule has 2 aromatic carbocycles. The van der Waals surface area contributed by atoms with Crippen molar-refractivity contribution < 1.29 is 14.3 Å². The van der Waals surface area contributed by atoms with E-state index in [1.165, 1.54) is 5.56 Å². The van der Waals surface area contributed by atoms with Crippen LogP contribution in [-0.2, 0) is 16.0 Å². The van der Waals surface area contributed by atoms with E-state index in [9.17, 15) is 9.59 Å². The van der Waals surface area contributed by atoms with Crippen molar-refractivity contribution in [1.29, 1.82) is 0 Å².